The van der Waals surface area contributed by atoms with E-state index < -0.39 is 0 Å². The first-order valence-electron chi connectivity index (χ1n) is 6.94. The molecule has 5 heteroatoms. The summed E-state index contributed by atoms with van der Waals surface area (Å²) in [4.78, 5) is 11.7. The van der Waals surface area contributed by atoms with Crippen LogP contribution in [0.3, 0.4) is 0 Å². The minimum atomic E-state index is -0.216. The highest BCUT2D eigenvalue weighted by molar-refractivity contribution is 6.14. The summed E-state index contributed by atoms with van der Waals surface area (Å²) in [7, 11) is 0. The quantitative estimate of drug-likeness (QED) is 0.599. The largest absolute Gasteiger partial charge is 0.508 e. The Kier molecular flexibility index (Phi) is 4.78. The van der Waals surface area contributed by atoms with Crippen LogP contribution in [0, 0.1) is 5.92 Å². The van der Waals surface area contributed by atoms with Gasteiger partial charge in [0.15, 0.2) is 0 Å². The lowest BCUT2D eigenvalue weighted by molar-refractivity contribution is -0.123. The van der Waals surface area contributed by atoms with E-state index in [9.17, 15) is 15.0 Å². The van der Waals surface area contributed by atoms with Crippen molar-refractivity contribution in [3.63, 3.8) is 0 Å². The number of hydrogen-bond donors (Lipinski definition) is 3. The smallest absolute Gasteiger partial charge is 0.242 e. The Balaban J connectivity index is 2.46. The maximum absolute atomic E-state index is 11.7. The second kappa shape index (κ2) is 6.76. The Hall–Kier alpha value is -2.82. The molecule has 1 amide bonds. The van der Waals surface area contributed by atoms with E-state index in [1.54, 1.807) is 19.9 Å². The van der Waals surface area contributed by atoms with Gasteiger partial charge in [-0.1, -0.05) is 44.2 Å². The summed E-state index contributed by atoms with van der Waals surface area (Å²) in [5.74, 6) is -0.567. The van der Waals surface area contributed by atoms with Gasteiger partial charge in [0, 0.05) is 23.1 Å². The summed E-state index contributed by atoms with van der Waals surface area (Å²) in [5, 5.41) is 23.6. The lowest BCUT2D eigenvalue weighted by atomic mass is 10.0. The molecule has 0 saturated carbocycles. The van der Waals surface area contributed by atoms with Crippen molar-refractivity contribution in [1.82, 2.24) is 5.43 Å². The fourth-order valence-corrected chi connectivity index (χ4v) is 1.84. The Bertz CT molecular complexity index is 694. The number of nitrogens with one attached hydrogen (secondary N) is 1. The van der Waals surface area contributed by atoms with Gasteiger partial charge in [-0.25, -0.2) is 5.43 Å². The molecule has 0 heterocycles. The van der Waals surface area contributed by atoms with Crippen LogP contribution >= 0.6 is 0 Å². The van der Waals surface area contributed by atoms with Crippen LogP contribution in [-0.4, -0.2) is 21.8 Å². The van der Waals surface area contributed by atoms with Crippen LogP contribution in [0.2, 0.25) is 0 Å². The molecule has 0 aromatic heterocycles. The maximum atomic E-state index is 11.7. The zero-order chi connectivity index (χ0) is 16.1. The van der Waals surface area contributed by atoms with Crippen molar-refractivity contribution < 1.29 is 15.0 Å². The number of benzene rings is 2. The first-order chi connectivity index (χ1) is 10.5. The molecular weight excluding hydrogens is 280 g/mol. The number of rotatable bonds is 4. The lowest BCUT2D eigenvalue weighted by Crippen LogP contribution is -2.24. The van der Waals surface area contributed by atoms with Crippen molar-refractivity contribution >= 4 is 11.6 Å². The minimum absolute atomic E-state index is 0.0418. The number of phenols is 2. The molecule has 0 spiro atoms. The van der Waals surface area contributed by atoms with Crippen molar-refractivity contribution in [3.8, 4) is 11.5 Å². The average Bonchev–Trinajstić information content (AvgIpc) is 2.50. The first kappa shape index (κ1) is 15.6. The molecule has 0 bridgehead atoms. The molecule has 0 unspecified atom stereocenters. The predicted molar refractivity (Wildman–Crippen MR) is 84.8 cm³/mol. The summed E-state index contributed by atoms with van der Waals surface area (Å²) in [6.07, 6.45) is 0. The van der Waals surface area contributed by atoms with Gasteiger partial charge < -0.3 is 10.2 Å². The van der Waals surface area contributed by atoms with Crippen molar-refractivity contribution in [2.75, 3.05) is 0 Å². The van der Waals surface area contributed by atoms with Crippen LogP contribution in [0.4, 0.5) is 0 Å². The van der Waals surface area contributed by atoms with Gasteiger partial charge in [0.05, 0.1) is 0 Å². The number of amides is 1. The van der Waals surface area contributed by atoms with Gasteiger partial charge in [0.1, 0.15) is 17.2 Å². The number of phenolic OH excluding ortho intramolecular Hbond substituents is 2. The molecule has 2 aromatic carbocycles. The van der Waals surface area contributed by atoms with Gasteiger partial charge >= 0.3 is 0 Å². The molecular formula is C17H18N2O3. The number of hydrazone groups is 1. The molecule has 0 fully saturated rings. The standard InChI is InChI=1S/C17H18N2O3/c1-11(2)17(22)19-18-16(12-6-4-3-5-7-12)14-9-8-13(20)10-15(14)21/h3-11,20-21H,1-2H3,(H,19,22). The Morgan fingerprint density at radius 2 is 1.77 bits per heavy atom. The zero-order valence-corrected chi connectivity index (χ0v) is 12.4. The van der Waals surface area contributed by atoms with E-state index >= 15 is 0 Å². The second-order valence-corrected chi connectivity index (χ2v) is 5.16. The average molecular weight is 298 g/mol. The van der Waals surface area contributed by atoms with E-state index in [0.29, 0.717) is 11.3 Å². The molecule has 2 aromatic rings. The molecule has 114 valence electrons. The van der Waals surface area contributed by atoms with E-state index in [1.807, 2.05) is 30.3 Å². The molecule has 0 aliphatic heterocycles. The third kappa shape index (κ3) is 3.63. The van der Waals surface area contributed by atoms with Crippen LogP contribution in [0.5, 0.6) is 11.5 Å². The summed E-state index contributed by atoms with van der Waals surface area (Å²) in [6, 6.07) is 13.4. The van der Waals surface area contributed by atoms with Gasteiger partial charge in [-0.05, 0) is 12.1 Å². The fourth-order valence-electron chi connectivity index (χ4n) is 1.84. The van der Waals surface area contributed by atoms with Crippen molar-refractivity contribution in [2.45, 2.75) is 13.8 Å². The van der Waals surface area contributed by atoms with Crippen LogP contribution in [-0.2, 0) is 4.79 Å². The number of hydrogen-bond acceptors (Lipinski definition) is 4. The van der Waals surface area contributed by atoms with Gasteiger partial charge in [-0.15, -0.1) is 0 Å². The predicted octanol–water partition coefficient (Wildman–Crippen LogP) is 2.62. The Labute approximate surface area is 128 Å². The lowest BCUT2D eigenvalue weighted by Gasteiger charge is -2.11. The van der Waals surface area contributed by atoms with Crippen molar-refractivity contribution in [1.29, 1.82) is 0 Å². The molecule has 2 rings (SSSR count). The second-order valence-electron chi connectivity index (χ2n) is 5.16. The van der Waals surface area contributed by atoms with Crippen LogP contribution < -0.4 is 5.43 Å². The van der Waals surface area contributed by atoms with E-state index in [4.69, 9.17) is 0 Å². The zero-order valence-electron chi connectivity index (χ0n) is 12.4. The first-order valence-corrected chi connectivity index (χ1v) is 6.94. The number of carbonyl (C=O) groups is 1. The molecule has 3 N–H and O–H groups in total. The summed E-state index contributed by atoms with van der Waals surface area (Å²) >= 11 is 0. The van der Waals surface area contributed by atoms with Crippen LogP contribution in [0.15, 0.2) is 53.6 Å². The molecule has 5 nitrogen and oxygen atoms in total. The van der Waals surface area contributed by atoms with E-state index in [1.165, 1.54) is 12.1 Å². The SMILES string of the molecule is CC(C)C(=O)NN=C(c1ccccc1)c1ccc(O)cc1O. The third-order valence-electron chi connectivity index (χ3n) is 3.09. The highest BCUT2D eigenvalue weighted by atomic mass is 16.3. The molecule has 0 aliphatic carbocycles. The fraction of sp³-hybridized carbons (Fsp3) is 0.176. The van der Waals surface area contributed by atoms with E-state index in [-0.39, 0.29) is 23.3 Å². The molecule has 0 atom stereocenters. The Morgan fingerprint density at radius 3 is 2.36 bits per heavy atom. The van der Waals surface area contributed by atoms with Gasteiger partial charge in [0.2, 0.25) is 5.91 Å². The highest BCUT2D eigenvalue weighted by Crippen LogP contribution is 2.25. The topological polar surface area (TPSA) is 81.9 Å². The van der Waals surface area contributed by atoms with E-state index in [0.717, 1.165) is 5.56 Å². The normalized spacial score (nSPS) is 11.5. The van der Waals surface area contributed by atoms with Gasteiger partial charge in [0.25, 0.3) is 0 Å². The van der Waals surface area contributed by atoms with E-state index in [2.05, 4.69) is 10.5 Å². The monoisotopic (exact) mass is 298 g/mol. The maximum Gasteiger partial charge on any atom is 0.242 e. The van der Waals surface area contributed by atoms with Gasteiger partial charge in [-0.2, -0.15) is 5.10 Å². The van der Waals surface area contributed by atoms with Crippen LogP contribution in [0.1, 0.15) is 25.0 Å². The molecule has 22 heavy (non-hydrogen) atoms. The summed E-state index contributed by atoms with van der Waals surface area (Å²) < 4.78 is 0. The van der Waals surface area contributed by atoms with Gasteiger partial charge in [-0.3, -0.25) is 4.79 Å². The molecule has 0 aliphatic rings. The summed E-state index contributed by atoms with van der Waals surface area (Å²) in [5.41, 5.74) is 4.09. The number of carbonyl (C=O) groups excluding carboxylic acids is 1. The number of nitrogens with zero attached hydrogens (tertiary/aromatic N) is 1. The highest BCUT2D eigenvalue weighted by Gasteiger charge is 2.14. The number of aromatic hydroxyl groups is 2. The molecule has 0 radical (unpaired) electrons. The van der Waals surface area contributed by atoms with Crippen molar-refractivity contribution in [3.05, 3.63) is 59.7 Å². The Morgan fingerprint density at radius 1 is 1.09 bits per heavy atom. The summed E-state index contributed by atoms with van der Waals surface area (Å²) in [6.45, 7) is 3.54. The minimum Gasteiger partial charge on any atom is -0.508 e. The molecule has 0 saturated heterocycles. The van der Waals surface area contributed by atoms with Crippen molar-refractivity contribution in [2.24, 2.45) is 11.0 Å². The third-order valence-corrected chi connectivity index (χ3v) is 3.09. The van der Waals surface area contributed by atoms with Crippen LogP contribution in [0.25, 0.3) is 0 Å².